The molecule has 6 heteroatoms. The van der Waals surface area contributed by atoms with Crippen LogP contribution in [0.5, 0.6) is 0 Å². The van der Waals surface area contributed by atoms with Gasteiger partial charge in [-0.25, -0.2) is 13.5 Å². The molecule has 1 heterocycles. The summed E-state index contributed by atoms with van der Waals surface area (Å²) in [4.78, 5) is 0. The van der Waals surface area contributed by atoms with Gasteiger partial charge < -0.3 is 0 Å². The summed E-state index contributed by atoms with van der Waals surface area (Å²) in [6, 6.07) is 0. The predicted octanol–water partition coefficient (Wildman–Crippen LogP) is 2.52. The van der Waals surface area contributed by atoms with E-state index in [2.05, 4.69) is 5.10 Å². The van der Waals surface area contributed by atoms with E-state index in [1.807, 2.05) is 0 Å². The molecule has 0 amide bonds. The number of hydrogen-bond donors (Lipinski definition) is 0. The molecule has 0 atom stereocenters. The largest absolute Gasteiger partial charge is 0.333 e. The van der Waals surface area contributed by atoms with Crippen molar-refractivity contribution in [3.63, 3.8) is 0 Å². The normalized spacial score (nSPS) is 11.6. The van der Waals surface area contributed by atoms with E-state index in [4.69, 9.17) is 0 Å². The van der Waals surface area contributed by atoms with Gasteiger partial charge in [-0.2, -0.15) is 13.9 Å². The number of aryl methyl sites for hydroxylation is 1. The van der Waals surface area contributed by atoms with Crippen LogP contribution >= 0.6 is 0 Å². The van der Waals surface area contributed by atoms with Gasteiger partial charge in [0.25, 0.3) is 6.43 Å². The zero-order valence-electron chi connectivity index (χ0n) is 6.14. The topological polar surface area (TPSA) is 17.8 Å². The van der Waals surface area contributed by atoms with Gasteiger partial charge in [-0.05, 0) is 12.5 Å². The first-order valence-corrected chi connectivity index (χ1v) is 3.14. The minimum absolute atomic E-state index is 0.0744. The lowest BCUT2D eigenvalue weighted by atomic mass is 10.3. The summed E-state index contributed by atoms with van der Waals surface area (Å²) in [6.07, 6.45) is -1.91. The van der Waals surface area contributed by atoms with Crippen molar-refractivity contribution >= 4 is 0 Å². The zero-order chi connectivity index (χ0) is 9.30. The first kappa shape index (κ1) is 9.02. The molecular formula is C6H6F4N2. The van der Waals surface area contributed by atoms with E-state index in [1.54, 1.807) is 0 Å². The van der Waals surface area contributed by atoms with Crippen LogP contribution in [-0.4, -0.2) is 9.78 Å². The maximum Gasteiger partial charge on any atom is 0.333 e. The predicted molar refractivity (Wildman–Crippen MR) is 33.2 cm³/mol. The number of halogens is 4. The van der Waals surface area contributed by atoms with Gasteiger partial charge >= 0.3 is 6.55 Å². The summed E-state index contributed by atoms with van der Waals surface area (Å²) in [5, 5.41) is 3.03. The van der Waals surface area contributed by atoms with Crippen LogP contribution in [0.15, 0.2) is 6.20 Å². The molecule has 0 aliphatic carbocycles. The van der Waals surface area contributed by atoms with E-state index in [9.17, 15) is 17.6 Å². The maximum absolute atomic E-state index is 12.0. The number of aromatic nitrogens is 2. The van der Waals surface area contributed by atoms with Gasteiger partial charge in [-0.15, -0.1) is 0 Å². The molecule has 1 aromatic rings. The zero-order valence-corrected chi connectivity index (χ0v) is 6.14. The molecule has 0 N–H and O–H groups in total. The highest BCUT2D eigenvalue weighted by atomic mass is 19.3. The number of rotatable bonds is 2. The lowest BCUT2D eigenvalue weighted by molar-refractivity contribution is 0.0537. The van der Waals surface area contributed by atoms with Crippen LogP contribution in [0.2, 0.25) is 0 Å². The van der Waals surface area contributed by atoms with Gasteiger partial charge in [0.15, 0.2) is 0 Å². The van der Waals surface area contributed by atoms with E-state index >= 15 is 0 Å². The van der Waals surface area contributed by atoms with Crippen molar-refractivity contribution in [2.45, 2.75) is 19.9 Å². The lowest BCUT2D eigenvalue weighted by Gasteiger charge is -1.96. The van der Waals surface area contributed by atoms with Crippen LogP contribution in [-0.2, 0) is 0 Å². The molecule has 68 valence electrons. The number of nitrogens with zero attached hydrogens (tertiary/aromatic N) is 2. The molecule has 0 aliphatic heterocycles. The van der Waals surface area contributed by atoms with E-state index in [0.29, 0.717) is 0 Å². The average molecular weight is 182 g/mol. The molecule has 0 fully saturated rings. The third kappa shape index (κ3) is 1.57. The summed E-state index contributed by atoms with van der Waals surface area (Å²) in [6.45, 7) is -1.55. The minimum atomic E-state index is -2.86. The fourth-order valence-electron chi connectivity index (χ4n) is 0.812. The summed E-state index contributed by atoms with van der Waals surface area (Å²) >= 11 is 0. The lowest BCUT2D eigenvalue weighted by Crippen LogP contribution is -1.99. The molecule has 0 unspecified atom stereocenters. The van der Waals surface area contributed by atoms with Gasteiger partial charge in [-0.3, -0.25) is 0 Å². The standard InChI is InChI=1S/C6H6F4N2/c1-3-2-12(6(9)10)11-4(3)5(7)8/h2,5-6H,1H3. The number of hydrogen-bond acceptors (Lipinski definition) is 1. The minimum Gasteiger partial charge on any atom is -0.211 e. The molecule has 0 aromatic carbocycles. The fourth-order valence-corrected chi connectivity index (χ4v) is 0.812. The molecule has 1 aromatic heterocycles. The van der Waals surface area contributed by atoms with Gasteiger partial charge in [-0.1, -0.05) is 0 Å². The van der Waals surface area contributed by atoms with Crippen molar-refractivity contribution in [3.8, 4) is 0 Å². The fraction of sp³-hybridized carbons (Fsp3) is 0.500. The van der Waals surface area contributed by atoms with E-state index < -0.39 is 18.7 Å². The Morgan fingerprint density at radius 2 is 1.92 bits per heavy atom. The van der Waals surface area contributed by atoms with Crippen molar-refractivity contribution in [1.82, 2.24) is 9.78 Å². The summed E-state index contributed by atoms with van der Waals surface area (Å²) in [7, 11) is 0. The third-order valence-electron chi connectivity index (χ3n) is 1.36. The highest BCUT2D eigenvalue weighted by Crippen LogP contribution is 2.22. The summed E-state index contributed by atoms with van der Waals surface area (Å²) < 4.78 is 47.9. The van der Waals surface area contributed by atoms with Crippen LogP contribution in [0.25, 0.3) is 0 Å². The van der Waals surface area contributed by atoms with Gasteiger partial charge in [0.05, 0.1) is 0 Å². The molecule has 0 saturated carbocycles. The molecule has 0 spiro atoms. The van der Waals surface area contributed by atoms with E-state index in [0.717, 1.165) is 6.20 Å². The Bertz CT molecular complexity index is 269. The van der Waals surface area contributed by atoms with Gasteiger partial charge in [0, 0.05) is 6.20 Å². The molecule has 0 radical (unpaired) electrons. The Morgan fingerprint density at radius 3 is 2.17 bits per heavy atom. The van der Waals surface area contributed by atoms with Crippen LogP contribution in [0, 0.1) is 6.92 Å². The highest BCUT2D eigenvalue weighted by Gasteiger charge is 2.17. The maximum atomic E-state index is 12.0. The molecule has 2 nitrogen and oxygen atoms in total. The Hall–Kier alpha value is -1.07. The van der Waals surface area contributed by atoms with Crippen molar-refractivity contribution in [1.29, 1.82) is 0 Å². The van der Waals surface area contributed by atoms with Crippen molar-refractivity contribution < 1.29 is 17.6 Å². The van der Waals surface area contributed by atoms with Crippen LogP contribution in [0.1, 0.15) is 24.2 Å². The van der Waals surface area contributed by atoms with E-state index in [1.165, 1.54) is 6.92 Å². The summed E-state index contributed by atoms with van der Waals surface area (Å²) in [5.74, 6) is 0. The third-order valence-corrected chi connectivity index (χ3v) is 1.36. The Morgan fingerprint density at radius 1 is 1.33 bits per heavy atom. The monoisotopic (exact) mass is 182 g/mol. The van der Waals surface area contributed by atoms with Crippen LogP contribution < -0.4 is 0 Å². The second kappa shape index (κ2) is 3.12. The Labute approximate surface area is 65.8 Å². The van der Waals surface area contributed by atoms with Crippen molar-refractivity contribution in [2.24, 2.45) is 0 Å². The molecule has 0 saturated heterocycles. The number of alkyl halides is 4. The first-order chi connectivity index (χ1) is 5.52. The van der Waals surface area contributed by atoms with Gasteiger partial charge in [0.2, 0.25) is 0 Å². The Kier molecular flexibility index (Phi) is 2.35. The van der Waals surface area contributed by atoms with Gasteiger partial charge in [0.1, 0.15) is 5.69 Å². The molecule has 0 bridgehead atoms. The summed E-state index contributed by atoms with van der Waals surface area (Å²) in [5.41, 5.74) is -0.513. The van der Waals surface area contributed by atoms with Crippen molar-refractivity contribution in [3.05, 3.63) is 17.5 Å². The van der Waals surface area contributed by atoms with E-state index in [-0.39, 0.29) is 10.2 Å². The molecular weight excluding hydrogens is 176 g/mol. The smallest absolute Gasteiger partial charge is 0.211 e. The Balaban J connectivity index is 3.00. The van der Waals surface area contributed by atoms with Crippen LogP contribution in [0.3, 0.4) is 0 Å². The molecule has 12 heavy (non-hydrogen) atoms. The molecule has 0 aliphatic rings. The quantitative estimate of drug-likeness (QED) is 0.642. The first-order valence-electron chi connectivity index (χ1n) is 3.14. The van der Waals surface area contributed by atoms with Crippen LogP contribution in [0.4, 0.5) is 17.6 Å². The highest BCUT2D eigenvalue weighted by molar-refractivity contribution is 5.15. The second-order valence-electron chi connectivity index (χ2n) is 2.26. The molecule has 1 rings (SSSR count). The average Bonchev–Trinajstić information content (AvgIpc) is 2.30. The SMILES string of the molecule is Cc1cn(C(F)F)nc1C(F)F. The second-order valence-corrected chi connectivity index (χ2v) is 2.26. The van der Waals surface area contributed by atoms with Crippen molar-refractivity contribution in [2.75, 3.05) is 0 Å².